The van der Waals surface area contributed by atoms with Gasteiger partial charge in [-0.1, -0.05) is 36.1 Å². The molecule has 2 aromatic rings. The van der Waals surface area contributed by atoms with Crippen molar-refractivity contribution in [1.82, 2.24) is 9.88 Å². The van der Waals surface area contributed by atoms with Crippen LogP contribution in [0, 0.1) is 0 Å². The molecule has 26 heavy (non-hydrogen) atoms. The standard InChI is InChI=1S/C17H15N3O3S3/c1-2-23-12-5-3-11(4-6-12)9-13-15(22)20(17(24)26-13)10-14(21)19-16-18-7-8-25-16/h3-9H,2,10H2,1H3,(H,18,19,21)/b13-9+. The predicted molar refractivity (Wildman–Crippen MR) is 108 cm³/mol. The van der Waals surface area contributed by atoms with Crippen molar-refractivity contribution in [1.29, 1.82) is 0 Å². The maximum absolute atomic E-state index is 12.6. The summed E-state index contributed by atoms with van der Waals surface area (Å²) in [5, 5.41) is 4.89. The molecule has 1 aliphatic rings. The maximum Gasteiger partial charge on any atom is 0.266 e. The summed E-state index contributed by atoms with van der Waals surface area (Å²) >= 11 is 7.74. The molecule has 2 amide bonds. The molecule has 0 spiro atoms. The first-order valence-corrected chi connectivity index (χ1v) is 9.85. The van der Waals surface area contributed by atoms with Crippen molar-refractivity contribution >= 4 is 62.7 Å². The zero-order valence-corrected chi connectivity index (χ0v) is 16.2. The van der Waals surface area contributed by atoms with Crippen LogP contribution < -0.4 is 10.1 Å². The van der Waals surface area contributed by atoms with Crippen LogP contribution in [0.25, 0.3) is 6.08 Å². The molecule has 9 heteroatoms. The third-order valence-electron chi connectivity index (χ3n) is 3.34. The number of nitrogens with zero attached hydrogens (tertiary/aromatic N) is 2. The summed E-state index contributed by atoms with van der Waals surface area (Å²) in [4.78, 5) is 30.4. The smallest absolute Gasteiger partial charge is 0.266 e. The summed E-state index contributed by atoms with van der Waals surface area (Å²) in [7, 11) is 0. The van der Waals surface area contributed by atoms with E-state index in [0.717, 1.165) is 11.3 Å². The van der Waals surface area contributed by atoms with Gasteiger partial charge in [-0.2, -0.15) is 0 Å². The van der Waals surface area contributed by atoms with Crippen molar-refractivity contribution in [2.45, 2.75) is 6.92 Å². The maximum atomic E-state index is 12.6. The fraction of sp³-hybridized carbons (Fsp3) is 0.176. The van der Waals surface area contributed by atoms with Gasteiger partial charge in [-0.3, -0.25) is 14.5 Å². The number of carbonyl (C=O) groups is 2. The molecule has 0 unspecified atom stereocenters. The number of ether oxygens (including phenoxy) is 1. The van der Waals surface area contributed by atoms with E-state index in [0.29, 0.717) is 21.0 Å². The molecule has 0 radical (unpaired) electrons. The number of aromatic nitrogens is 1. The van der Waals surface area contributed by atoms with E-state index in [2.05, 4.69) is 10.3 Å². The Morgan fingerprint density at radius 2 is 2.15 bits per heavy atom. The first-order chi connectivity index (χ1) is 12.6. The van der Waals surface area contributed by atoms with Gasteiger partial charge in [0.15, 0.2) is 5.13 Å². The minimum absolute atomic E-state index is 0.134. The summed E-state index contributed by atoms with van der Waals surface area (Å²) in [6, 6.07) is 7.43. The second kappa shape index (κ2) is 8.43. The van der Waals surface area contributed by atoms with Gasteiger partial charge in [0.05, 0.1) is 11.5 Å². The Bertz CT molecular complexity index is 848. The highest BCUT2D eigenvalue weighted by molar-refractivity contribution is 8.26. The van der Waals surface area contributed by atoms with E-state index >= 15 is 0 Å². The first kappa shape index (κ1) is 18.6. The molecule has 0 aliphatic carbocycles. The van der Waals surface area contributed by atoms with E-state index in [-0.39, 0.29) is 18.4 Å². The van der Waals surface area contributed by atoms with Gasteiger partial charge >= 0.3 is 0 Å². The lowest BCUT2D eigenvalue weighted by molar-refractivity contribution is -0.126. The molecule has 1 aromatic heterocycles. The Morgan fingerprint density at radius 3 is 2.81 bits per heavy atom. The van der Waals surface area contributed by atoms with Gasteiger partial charge in [-0.05, 0) is 30.7 Å². The average molecular weight is 406 g/mol. The summed E-state index contributed by atoms with van der Waals surface area (Å²) in [6.45, 7) is 2.38. The second-order valence-corrected chi connectivity index (χ2v) is 7.73. The normalized spacial score (nSPS) is 15.6. The molecule has 3 rings (SSSR count). The fourth-order valence-electron chi connectivity index (χ4n) is 2.20. The zero-order valence-electron chi connectivity index (χ0n) is 13.8. The number of amides is 2. The molecule has 0 bridgehead atoms. The number of nitrogens with one attached hydrogen (secondary N) is 1. The predicted octanol–water partition coefficient (Wildman–Crippen LogP) is 3.38. The highest BCUT2D eigenvalue weighted by atomic mass is 32.2. The summed E-state index contributed by atoms with van der Waals surface area (Å²) in [5.41, 5.74) is 0.862. The molecule has 1 aromatic carbocycles. The van der Waals surface area contributed by atoms with Crippen molar-refractivity contribution < 1.29 is 14.3 Å². The number of thiocarbonyl (C=S) groups is 1. The Morgan fingerprint density at radius 1 is 1.38 bits per heavy atom. The van der Waals surface area contributed by atoms with Gasteiger partial charge in [0, 0.05) is 11.6 Å². The Balaban J connectivity index is 1.66. The molecule has 0 atom stereocenters. The SMILES string of the molecule is CCOc1ccc(/C=C2/SC(=S)N(CC(=O)Nc3nccs3)C2=O)cc1. The average Bonchev–Trinajstić information content (AvgIpc) is 3.21. The molecule has 1 aliphatic heterocycles. The monoisotopic (exact) mass is 405 g/mol. The summed E-state index contributed by atoms with van der Waals surface area (Å²) in [6.07, 6.45) is 3.35. The van der Waals surface area contributed by atoms with Crippen LogP contribution in [0.1, 0.15) is 12.5 Å². The lowest BCUT2D eigenvalue weighted by Gasteiger charge is -2.13. The largest absolute Gasteiger partial charge is 0.494 e. The molecule has 1 fully saturated rings. The minimum Gasteiger partial charge on any atom is -0.494 e. The fourth-order valence-corrected chi connectivity index (χ4v) is 4.00. The van der Waals surface area contributed by atoms with E-state index in [9.17, 15) is 9.59 Å². The molecule has 1 N–H and O–H groups in total. The molecular formula is C17H15N3O3S3. The van der Waals surface area contributed by atoms with Crippen LogP contribution in [0.2, 0.25) is 0 Å². The summed E-state index contributed by atoms with van der Waals surface area (Å²) in [5.74, 6) is 0.165. The number of carbonyl (C=O) groups excluding carboxylic acids is 2. The van der Waals surface area contributed by atoms with E-state index < -0.39 is 0 Å². The Kier molecular flexibility index (Phi) is 6.02. The lowest BCUT2D eigenvalue weighted by Crippen LogP contribution is -2.36. The third-order valence-corrected chi connectivity index (χ3v) is 5.41. The molecule has 6 nitrogen and oxygen atoms in total. The van der Waals surface area contributed by atoms with E-state index in [4.69, 9.17) is 17.0 Å². The molecule has 0 saturated carbocycles. The lowest BCUT2D eigenvalue weighted by atomic mass is 10.2. The van der Waals surface area contributed by atoms with Crippen molar-refractivity contribution in [3.05, 3.63) is 46.3 Å². The molecular weight excluding hydrogens is 390 g/mol. The highest BCUT2D eigenvalue weighted by Gasteiger charge is 2.33. The summed E-state index contributed by atoms with van der Waals surface area (Å²) < 4.78 is 5.76. The molecule has 2 heterocycles. The zero-order chi connectivity index (χ0) is 18.5. The van der Waals surface area contributed by atoms with E-state index in [1.807, 2.05) is 31.2 Å². The number of thioether (sulfide) groups is 1. The van der Waals surface area contributed by atoms with Gasteiger partial charge < -0.3 is 10.1 Å². The number of thiazole rings is 1. The van der Waals surface area contributed by atoms with Crippen LogP contribution >= 0.6 is 35.3 Å². The first-order valence-electron chi connectivity index (χ1n) is 7.74. The highest BCUT2D eigenvalue weighted by Crippen LogP contribution is 2.32. The van der Waals surface area contributed by atoms with Crippen molar-refractivity contribution in [3.63, 3.8) is 0 Å². The van der Waals surface area contributed by atoms with Crippen molar-refractivity contribution in [2.24, 2.45) is 0 Å². The minimum atomic E-state index is -0.335. The van der Waals surface area contributed by atoms with E-state index in [1.165, 1.54) is 28.0 Å². The Hall–Kier alpha value is -2.23. The van der Waals surface area contributed by atoms with Gasteiger partial charge in [0.25, 0.3) is 5.91 Å². The van der Waals surface area contributed by atoms with Gasteiger partial charge in [-0.15, -0.1) is 11.3 Å². The number of benzene rings is 1. The van der Waals surface area contributed by atoms with Crippen molar-refractivity contribution in [2.75, 3.05) is 18.5 Å². The quantitative estimate of drug-likeness (QED) is 0.587. The van der Waals surface area contributed by atoms with Crippen LogP contribution in [0.15, 0.2) is 40.7 Å². The molecule has 134 valence electrons. The Labute approximate surface area is 164 Å². The number of hydrogen-bond acceptors (Lipinski definition) is 7. The van der Waals surface area contributed by atoms with Crippen LogP contribution in [0.4, 0.5) is 5.13 Å². The van der Waals surface area contributed by atoms with Crippen LogP contribution in [0.3, 0.4) is 0 Å². The topological polar surface area (TPSA) is 71.5 Å². The third kappa shape index (κ3) is 4.48. The number of anilines is 1. The van der Waals surface area contributed by atoms with Gasteiger partial charge in [0.2, 0.25) is 5.91 Å². The number of rotatable bonds is 6. The van der Waals surface area contributed by atoms with Gasteiger partial charge in [-0.25, -0.2) is 4.98 Å². The molecule has 1 saturated heterocycles. The van der Waals surface area contributed by atoms with Gasteiger partial charge in [0.1, 0.15) is 16.6 Å². The van der Waals surface area contributed by atoms with E-state index in [1.54, 1.807) is 17.7 Å². The number of hydrogen-bond donors (Lipinski definition) is 1. The van der Waals surface area contributed by atoms with Crippen LogP contribution in [0.5, 0.6) is 5.75 Å². The van der Waals surface area contributed by atoms with Crippen LogP contribution in [-0.2, 0) is 9.59 Å². The van der Waals surface area contributed by atoms with Crippen LogP contribution in [-0.4, -0.2) is 39.2 Å². The van der Waals surface area contributed by atoms with Crippen molar-refractivity contribution in [3.8, 4) is 5.75 Å². The second-order valence-electron chi connectivity index (χ2n) is 5.16.